The molecule has 0 N–H and O–H groups in total. The largest absolute Gasteiger partial charge is 0.493 e. The predicted octanol–water partition coefficient (Wildman–Crippen LogP) is 3.93. The fraction of sp³-hybridized carbons (Fsp3) is 0.158. The Kier molecular flexibility index (Phi) is 4.99. The van der Waals surface area contributed by atoms with Crippen LogP contribution >= 0.6 is 0 Å². The summed E-state index contributed by atoms with van der Waals surface area (Å²) in [5.41, 5.74) is 1.73. The van der Waals surface area contributed by atoms with Crippen molar-refractivity contribution in [1.29, 1.82) is 0 Å². The van der Waals surface area contributed by atoms with Crippen LogP contribution in [0.25, 0.3) is 23.6 Å². The smallest absolute Gasteiger partial charge is 0.248 e. The van der Waals surface area contributed by atoms with Crippen LogP contribution in [0.15, 0.2) is 46.9 Å². The van der Waals surface area contributed by atoms with Gasteiger partial charge in [-0.1, -0.05) is 18.2 Å². The highest BCUT2D eigenvalue weighted by atomic mass is 16.5. The highest BCUT2D eigenvalue weighted by Gasteiger charge is 2.12. The molecule has 25 heavy (non-hydrogen) atoms. The third kappa shape index (κ3) is 3.63. The molecule has 0 atom stereocenters. The van der Waals surface area contributed by atoms with Crippen LogP contribution in [-0.4, -0.2) is 31.5 Å². The summed E-state index contributed by atoms with van der Waals surface area (Å²) in [6.45, 7) is 0. The van der Waals surface area contributed by atoms with Gasteiger partial charge in [-0.15, -0.1) is 10.2 Å². The molecule has 6 heteroatoms. The van der Waals surface area contributed by atoms with E-state index in [4.69, 9.17) is 18.6 Å². The standard InChI is InChI=1S/C19H18N2O4/c1-22-15-11-13(12-16(23-2)18(15)24-3)9-10-17-20-21-19(25-17)14-7-5-4-6-8-14/h4-12H,1-3H3/b10-9+. The third-order valence-corrected chi connectivity index (χ3v) is 3.57. The van der Waals surface area contributed by atoms with Crippen LogP contribution in [0, 0.1) is 0 Å². The molecule has 3 aromatic rings. The Bertz CT molecular complexity index is 847. The van der Waals surface area contributed by atoms with E-state index in [1.165, 1.54) is 0 Å². The molecule has 6 nitrogen and oxygen atoms in total. The zero-order valence-corrected chi connectivity index (χ0v) is 14.2. The SMILES string of the molecule is COc1cc(/C=C/c2nnc(-c3ccccc3)o2)cc(OC)c1OC. The van der Waals surface area contributed by atoms with Gasteiger partial charge in [0, 0.05) is 11.6 Å². The molecule has 0 saturated carbocycles. The van der Waals surface area contributed by atoms with Crippen molar-refractivity contribution >= 4 is 12.2 Å². The van der Waals surface area contributed by atoms with Crippen LogP contribution in [0.5, 0.6) is 17.2 Å². The maximum Gasteiger partial charge on any atom is 0.248 e. The van der Waals surface area contributed by atoms with Crippen molar-refractivity contribution in [3.05, 3.63) is 53.9 Å². The lowest BCUT2D eigenvalue weighted by Crippen LogP contribution is -1.95. The molecule has 0 unspecified atom stereocenters. The average Bonchev–Trinajstić information content (AvgIpc) is 3.15. The summed E-state index contributed by atoms with van der Waals surface area (Å²) in [5.74, 6) is 2.60. The number of benzene rings is 2. The molecule has 0 aliphatic rings. The summed E-state index contributed by atoms with van der Waals surface area (Å²) in [4.78, 5) is 0. The first-order chi connectivity index (χ1) is 12.2. The maximum atomic E-state index is 5.65. The Hall–Kier alpha value is -3.28. The summed E-state index contributed by atoms with van der Waals surface area (Å²) >= 11 is 0. The van der Waals surface area contributed by atoms with Gasteiger partial charge >= 0.3 is 0 Å². The van der Waals surface area contributed by atoms with Crippen LogP contribution in [-0.2, 0) is 0 Å². The first kappa shape index (κ1) is 16.6. The zero-order valence-electron chi connectivity index (χ0n) is 14.2. The van der Waals surface area contributed by atoms with E-state index in [1.54, 1.807) is 27.4 Å². The minimum absolute atomic E-state index is 0.410. The second-order valence-electron chi connectivity index (χ2n) is 5.10. The van der Waals surface area contributed by atoms with Gasteiger partial charge in [0.1, 0.15) is 0 Å². The molecule has 1 heterocycles. The second-order valence-corrected chi connectivity index (χ2v) is 5.10. The molecule has 128 valence electrons. The van der Waals surface area contributed by atoms with Gasteiger partial charge in [-0.3, -0.25) is 0 Å². The molecule has 0 saturated heterocycles. The van der Waals surface area contributed by atoms with E-state index >= 15 is 0 Å². The van der Waals surface area contributed by atoms with Gasteiger partial charge in [0.25, 0.3) is 0 Å². The lowest BCUT2D eigenvalue weighted by atomic mass is 10.1. The van der Waals surface area contributed by atoms with Crippen molar-refractivity contribution in [3.63, 3.8) is 0 Å². The highest BCUT2D eigenvalue weighted by molar-refractivity contribution is 5.70. The number of hydrogen-bond acceptors (Lipinski definition) is 6. The number of nitrogens with zero attached hydrogens (tertiary/aromatic N) is 2. The van der Waals surface area contributed by atoms with Crippen molar-refractivity contribution in [2.75, 3.05) is 21.3 Å². The fourth-order valence-corrected chi connectivity index (χ4v) is 2.36. The van der Waals surface area contributed by atoms with Gasteiger partial charge in [0.05, 0.1) is 21.3 Å². The van der Waals surface area contributed by atoms with Crippen LogP contribution in [0.4, 0.5) is 0 Å². The minimum atomic E-state index is 0.410. The Morgan fingerprint density at radius 3 is 2.12 bits per heavy atom. The van der Waals surface area contributed by atoms with Gasteiger partial charge in [-0.25, -0.2) is 0 Å². The van der Waals surface area contributed by atoms with Crippen LogP contribution < -0.4 is 14.2 Å². The molecule has 0 radical (unpaired) electrons. The van der Waals surface area contributed by atoms with Gasteiger partial charge in [0.15, 0.2) is 11.5 Å². The average molecular weight is 338 g/mol. The number of rotatable bonds is 6. The van der Waals surface area contributed by atoms with Crippen LogP contribution in [0.3, 0.4) is 0 Å². The van der Waals surface area contributed by atoms with E-state index < -0.39 is 0 Å². The van der Waals surface area contributed by atoms with Crippen LogP contribution in [0.2, 0.25) is 0 Å². The quantitative estimate of drug-likeness (QED) is 0.678. The summed E-state index contributed by atoms with van der Waals surface area (Å²) < 4.78 is 21.7. The molecule has 0 aliphatic heterocycles. The Morgan fingerprint density at radius 1 is 0.840 bits per heavy atom. The van der Waals surface area contributed by atoms with E-state index in [9.17, 15) is 0 Å². The number of aromatic nitrogens is 2. The molecular weight excluding hydrogens is 320 g/mol. The molecular formula is C19H18N2O4. The van der Waals surface area contributed by atoms with Gasteiger partial charge in [0.2, 0.25) is 17.5 Å². The molecule has 2 aromatic carbocycles. The van der Waals surface area contributed by atoms with E-state index in [0.717, 1.165) is 11.1 Å². The summed E-state index contributed by atoms with van der Waals surface area (Å²) in [6.07, 6.45) is 3.58. The van der Waals surface area contributed by atoms with E-state index in [1.807, 2.05) is 48.5 Å². The predicted molar refractivity (Wildman–Crippen MR) is 94.8 cm³/mol. The van der Waals surface area contributed by atoms with Crippen molar-refractivity contribution in [1.82, 2.24) is 10.2 Å². The van der Waals surface area contributed by atoms with Crippen LogP contribution in [0.1, 0.15) is 11.5 Å². The summed E-state index contributed by atoms with van der Waals surface area (Å²) in [5, 5.41) is 8.09. The first-order valence-corrected chi connectivity index (χ1v) is 7.62. The van der Waals surface area contributed by atoms with Crippen molar-refractivity contribution in [2.24, 2.45) is 0 Å². The Balaban J connectivity index is 1.86. The van der Waals surface area contributed by atoms with Gasteiger partial charge in [-0.2, -0.15) is 0 Å². The summed E-state index contributed by atoms with van der Waals surface area (Å²) in [6, 6.07) is 13.3. The highest BCUT2D eigenvalue weighted by Crippen LogP contribution is 2.38. The van der Waals surface area contributed by atoms with E-state index in [0.29, 0.717) is 29.0 Å². The number of methoxy groups -OCH3 is 3. The topological polar surface area (TPSA) is 66.6 Å². The molecule has 3 rings (SSSR count). The molecule has 0 fully saturated rings. The number of hydrogen-bond donors (Lipinski definition) is 0. The Morgan fingerprint density at radius 2 is 1.52 bits per heavy atom. The van der Waals surface area contributed by atoms with Crippen molar-refractivity contribution in [3.8, 4) is 28.7 Å². The van der Waals surface area contributed by atoms with Gasteiger partial charge in [-0.05, 0) is 35.9 Å². The number of ether oxygens (including phenoxy) is 3. The Labute approximate surface area is 145 Å². The zero-order chi connectivity index (χ0) is 17.6. The fourth-order valence-electron chi connectivity index (χ4n) is 2.36. The molecule has 0 aliphatic carbocycles. The lowest BCUT2D eigenvalue weighted by molar-refractivity contribution is 0.324. The molecule has 0 bridgehead atoms. The first-order valence-electron chi connectivity index (χ1n) is 7.62. The maximum absolute atomic E-state index is 5.65. The minimum Gasteiger partial charge on any atom is -0.493 e. The second kappa shape index (κ2) is 7.53. The monoisotopic (exact) mass is 338 g/mol. The summed E-state index contributed by atoms with van der Waals surface area (Å²) in [7, 11) is 4.73. The molecule has 0 amide bonds. The lowest BCUT2D eigenvalue weighted by Gasteiger charge is -2.12. The van der Waals surface area contributed by atoms with Crippen molar-refractivity contribution < 1.29 is 18.6 Å². The normalized spacial score (nSPS) is 10.8. The van der Waals surface area contributed by atoms with Gasteiger partial charge < -0.3 is 18.6 Å². The third-order valence-electron chi connectivity index (χ3n) is 3.57. The molecule has 0 spiro atoms. The molecule has 1 aromatic heterocycles. The van der Waals surface area contributed by atoms with E-state index in [-0.39, 0.29) is 0 Å². The van der Waals surface area contributed by atoms with Crippen molar-refractivity contribution in [2.45, 2.75) is 0 Å². The van der Waals surface area contributed by atoms with E-state index in [2.05, 4.69) is 10.2 Å².